The number of ether oxygens (including phenoxy) is 1. The Morgan fingerprint density at radius 2 is 2.13 bits per heavy atom. The van der Waals surface area contributed by atoms with Gasteiger partial charge in [-0.3, -0.25) is 0 Å². The highest BCUT2D eigenvalue weighted by Crippen LogP contribution is 2.21. The number of para-hydroxylation sites is 1. The van der Waals surface area contributed by atoms with E-state index in [1.54, 1.807) is 25.4 Å². The van der Waals surface area contributed by atoms with Crippen molar-refractivity contribution in [1.82, 2.24) is 9.88 Å². The number of hydrogen-bond donors (Lipinski definition) is 1. The molecule has 0 saturated carbocycles. The van der Waals surface area contributed by atoms with Crippen LogP contribution >= 0.6 is 0 Å². The van der Waals surface area contributed by atoms with Crippen LogP contribution < -0.4 is 10.1 Å². The van der Waals surface area contributed by atoms with Crippen molar-refractivity contribution in [3.63, 3.8) is 0 Å². The number of amides is 2. The lowest BCUT2D eigenvalue weighted by Gasteiger charge is -2.23. The van der Waals surface area contributed by atoms with Crippen LogP contribution in [0.3, 0.4) is 0 Å². The number of nitrogens with one attached hydrogen (secondary N) is 1. The molecule has 23 heavy (non-hydrogen) atoms. The summed E-state index contributed by atoms with van der Waals surface area (Å²) in [5, 5.41) is 11.5. The van der Waals surface area contributed by atoms with Gasteiger partial charge in [-0.25, -0.2) is 9.78 Å². The van der Waals surface area contributed by atoms with E-state index in [0.717, 1.165) is 0 Å². The van der Waals surface area contributed by atoms with Crippen LogP contribution in [0, 0.1) is 11.3 Å². The molecule has 6 nitrogen and oxygen atoms in total. The number of nitriles is 1. The molecule has 0 aliphatic carbocycles. The van der Waals surface area contributed by atoms with E-state index in [-0.39, 0.29) is 18.5 Å². The van der Waals surface area contributed by atoms with E-state index < -0.39 is 0 Å². The predicted molar refractivity (Wildman–Crippen MR) is 87.2 cm³/mol. The number of urea groups is 1. The Balaban J connectivity index is 2.02. The van der Waals surface area contributed by atoms with Crippen LogP contribution in [-0.4, -0.2) is 29.0 Å². The Morgan fingerprint density at radius 1 is 1.39 bits per heavy atom. The van der Waals surface area contributed by atoms with Gasteiger partial charge in [0.2, 0.25) is 5.88 Å². The van der Waals surface area contributed by atoms with Gasteiger partial charge < -0.3 is 15.0 Å². The number of carbonyl (C=O) groups is 1. The van der Waals surface area contributed by atoms with Gasteiger partial charge in [-0.15, -0.1) is 0 Å². The summed E-state index contributed by atoms with van der Waals surface area (Å²) in [6.07, 6.45) is 1.84. The molecule has 1 atom stereocenters. The van der Waals surface area contributed by atoms with E-state index in [0.29, 0.717) is 17.3 Å². The molecule has 1 aromatic carbocycles. The molecule has 2 amide bonds. The van der Waals surface area contributed by atoms with E-state index in [1.807, 2.05) is 37.3 Å². The van der Waals surface area contributed by atoms with Crippen LogP contribution in [0.15, 0.2) is 48.7 Å². The van der Waals surface area contributed by atoms with Crippen molar-refractivity contribution < 1.29 is 9.53 Å². The van der Waals surface area contributed by atoms with Gasteiger partial charge in [-0.05, 0) is 25.1 Å². The zero-order valence-electron chi connectivity index (χ0n) is 13.1. The minimum atomic E-state index is -0.287. The molecule has 2 aromatic rings. The standard InChI is InChI=1S/C17H18N4O2/c1-13(8-10-18)21(2)17(22)20-14-9-11-19-16(12-14)23-15-6-4-3-5-7-15/h3-7,9,11-13H,8H2,1-2H3,(H,19,20,22)/t13-/m1/s1. The highest BCUT2D eigenvalue weighted by molar-refractivity contribution is 5.89. The summed E-state index contributed by atoms with van der Waals surface area (Å²) in [6, 6.07) is 14.2. The molecule has 0 aliphatic heterocycles. The summed E-state index contributed by atoms with van der Waals surface area (Å²) in [5.41, 5.74) is 0.576. The number of benzene rings is 1. The number of nitrogens with zero attached hydrogens (tertiary/aromatic N) is 3. The number of anilines is 1. The number of carbonyl (C=O) groups excluding carboxylic acids is 1. The van der Waals surface area contributed by atoms with Gasteiger partial charge in [0.15, 0.2) is 0 Å². The first-order chi connectivity index (χ1) is 11.1. The SMILES string of the molecule is C[C@H](CC#N)N(C)C(=O)Nc1ccnc(Oc2ccccc2)c1. The molecule has 0 spiro atoms. The Morgan fingerprint density at radius 3 is 2.83 bits per heavy atom. The third-order valence-electron chi connectivity index (χ3n) is 3.32. The van der Waals surface area contributed by atoms with Crippen molar-refractivity contribution in [2.24, 2.45) is 0 Å². The number of pyridine rings is 1. The fourth-order valence-electron chi connectivity index (χ4n) is 1.83. The molecule has 0 saturated heterocycles. The van der Waals surface area contributed by atoms with Gasteiger partial charge in [-0.1, -0.05) is 18.2 Å². The second kappa shape index (κ2) is 7.80. The van der Waals surface area contributed by atoms with Crippen molar-refractivity contribution in [3.8, 4) is 17.7 Å². The average molecular weight is 310 g/mol. The molecule has 0 unspecified atom stereocenters. The number of rotatable bonds is 5. The second-order valence-electron chi connectivity index (χ2n) is 5.05. The second-order valence-corrected chi connectivity index (χ2v) is 5.05. The van der Waals surface area contributed by atoms with Crippen LogP contribution in [0.4, 0.5) is 10.5 Å². The fourth-order valence-corrected chi connectivity index (χ4v) is 1.83. The predicted octanol–water partition coefficient (Wildman–Crippen LogP) is 3.64. The zero-order chi connectivity index (χ0) is 16.7. The van der Waals surface area contributed by atoms with Crippen LogP contribution in [0.1, 0.15) is 13.3 Å². The molecule has 1 aromatic heterocycles. The van der Waals surface area contributed by atoms with Gasteiger partial charge in [0.1, 0.15) is 5.75 Å². The zero-order valence-corrected chi connectivity index (χ0v) is 13.1. The normalized spacial score (nSPS) is 11.2. The lowest BCUT2D eigenvalue weighted by atomic mass is 10.2. The Hall–Kier alpha value is -3.07. The Labute approximate surface area is 135 Å². The Bertz CT molecular complexity index is 697. The maximum Gasteiger partial charge on any atom is 0.321 e. The highest BCUT2D eigenvalue weighted by Gasteiger charge is 2.15. The van der Waals surface area contributed by atoms with Crippen LogP contribution in [0.5, 0.6) is 11.6 Å². The van der Waals surface area contributed by atoms with E-state index in [2.05, 4.69) is 16.4 Å². The monoisotopic (exact) mass is 310 g/mol. The van der Waals surface area contributed by atoms with Crippen LogP contribution in [0.25, 0.3) is 0 Å². The lowest BCUT2D eigenvalue weighted by molar-refractivity contribution is 0.208. The van der Waals surface area contributed by atoms with Crippen LogP contribution in [0.2, 0.25) is 0 Å². The molecule has 1 N–H and O–H groups in total. The summed E-state index contributed by atoms with van der Waals surface area (Å²) < 4.78 is 5.63. The molecular weight excluding hydrogens is 292 g/mol. The molecule has 0 fully saturated rings. The highest BCUT2D eigenvalue weighted by atomic mass is 16.5. The topological polar surface area (TPSA) is 78.3 Å². The van der Waals surface area contributed by atoms with Gasteiger partial charge >= 0.3 is 6.03 Å². The average Bonchev–Trinajstić information content (AvgIpc) is 2.55. The maximum absolute atomic E-state index is 12.1. The molecule has 6 heteroatoms. The summed E-state index contributed by atoms with van der Waals surface area (Å²) in [7, 11) is 1.65. The van der Waals surface area contributed by atoms with Crippen LogP contribution in [-0.2, 0) is 0 Å². The molecular formula is C17H18N4O2. The first kappa shape index (κ1) is 16.3. The lowest BCUT2D eigenvalue weighted by Crippen LogP contribution is -2.38. The number of aromatic nitrogens is 1. The van der Waals surface area contributed by atoms with Gasteiger partial charge in [0, 0.05) is 31.0 Å². The smallest absolute Gasteiger partial charge is 0.321 e. The third-order valence-corrected chi connectivity index (χ3v) is 3.32. The minimum Gasteiger partial charge on any atom is -0.439 e. The van der Waals surface area contributed by atoms with Crippen molar-refractivity contribution in [2.75, 3.05) is 12.4 Å². The molecule has 1 heterocycles. The summed E-state index contributed by atoms with van der Waals surface area (Å²) in [6.45, 7) is 1.82. The molecule has 0 bridgehead atoms. The molecule has 0 radical (unpaired) electrons. The van der Waals surface area contributed by atoms with E-state index in [9.17, 15) is 4.79 Å². The van der Waals surface area contributed by atoms with Crippen molar-refractivity contribution in [2.45, 2.75) is 19.4 Å². The summed E-state index contributed by atoms with van der Waals surface area (Å²) >= 11 is 0. The van der Waals surface area contributed by atoms with Gasteiger partial charge in [0.25, 0.3) is 0 Å². The van der Waals surface area contributed by atoms with Crippen molar-refractivity contribution in [1.29, 1.82) is 5.26 Å². The van der Waals surface area contributed by atoms with Gasteiger partial charge in [-0.2, -0.15) is 5.26 Å². The van der Waals surface area contributed by atoms with E-state index >= 15 is 0 Å². The maximum atomic E-state index is 12.1. The first-order valence-electron chi connectivity index (χ1n) is 7.20. The van der Waals surface area contributed by atoms with Crippen molar-refractivity contribution in [3.05, 3.63) is 48.7 Å². The summed E-state index contributed by atoms with van der Waals surface area (Å²) in [4.78, 5) is 17.8. The van der Waals surface area contributed by atoms with Gasteiger partial charge in [0.05, 0.1) is 12.5 Å². The molecule has 118 valence electrons. The van der Waals surface area contributed by atoms with E-state index in [1.165, 1.54) is 4.90 Å². The molecule has 0 aliphatic rings. The largest absolute Gasteiger partial charge is 0.439 e. The van der Waals surface area contributed by atoms with Crippen molar-refractivity contribution >= 4 is 11.7 Å². The van der Waals surface area contributed by atoms with E-state index in [4.69, 9.17) is 10.00 Å². The number of hydrogen-bond acceptors (Lipinski definition) is 4. The molecule has 2 rings (SSSR count). The fraction of sp³-hybridized carbons (Fsp3) is 0.235. The summed E-state index contributed by atoms with van der Waals surface area (Å²) in [5.74, 6) is 1.06. The minimum absolute atomic E-state index is 0.165. The first-order valence-corrected chi connectivity index (χ1v) is 7.20. The quantitative estimate of drug-likeness (QED) is 0.914. The Kier molecular flexibility index (Phi) is 5.53. The third kappa shape index (κ3) is 4.71.